The molecule has 0 saturated carbocycles. The SMILES string of the molecule is O=C(O)c1ccc(O)c(C(=O)c2cnc3cc(-c4ccc(F)cc4)nn3c2)c1. The van der Waals surface area contributed by atoms with E-state index in [4.69, 9.17) is 5.11 Å². The van der Waals surface area contributed by atoms with Crippen molar-refractivity contribution in [2.45, 2.75) is 0 Å². The van der Waals surface area contributed by atoms with Gasteiger partial charge in [0.25, 0.3) is 0 Å². The number of fused-ring (bicyclic) bond motifs is 1. The summed E-state index contributed by atoms with van der Waals surface area (Å²) < 4.78 is 14.5. The Morgan fingerprint density at radius 1 is 1.00 bits per heavy atom. The van der Waals surface area contributed by atoms with Crippen LogP contribution >= 0.6 is 0 Å². The molecule has 0 spiro atoms. The van der Waals surface area contributed by atoms with E-state index in [2.05, 4.69) is 10.1 Å². The third-order valence-corrected chi connectivity index (χ3v) is 4.20. The van der Waals surface area contributed by atoms with Gasteiger partial charge in [0, 0.05) is 24.0 Å². The molecule has 7 nitrogen and oxygen atoms in total. The van der Waals surface area contributed by atoms with Crippen molar-refractivity contribution in [3.8, 4) is 17.0 Å². The van der Waals surface area contributed by atoms with E-state index >= 15 is 0 Å². The number of carboxylic acid groups (broad SMARTS) is 1. The number of hydrogen-bond acceptors (Lipinski definition) is 5. The number of phenolic OH excluding ortho intramolecular Hbond substituents is 1. The van der Waals surface area contributed by atoms with Crippen molar-refractivity contribution in [3.63, 3.8) is 0 Å². The average Bonchev–Trinajstić information content (AvgIpc) is 3.11. The van der Waals surface area contributed by atoms with Gasteiger partial charge in [-0.3, -0.25) is 4.79 Å². The monoisotopic (exact) mass is 377 g/mol. The largest absolute Gasteiger partial charge is 0.507 e. The van der Waals surface area contributed by atoms with Gasteiger partial charge >= 0.3 is 5.97 Å². The number of phenols is 1. The summed E-state index contributed by atoms with van der Waals surface area (Å²) in [6.45, 7) is 0. The van der Waals surface area contributed by atoms with Crippen LogP contribution in [0.25, 0.3) is 16.9 Å². The molecule has 2 heterocycles. The Morgan fingerprint density at radius 2 is 1.75 bits per heavy atom. The molecular formula is C20H12FN3O4. The van der Waals surface area contributed by atoms with Gasteiger partial charge in [0.05, 0.1) is 22.4 Å². The summed E-state index contributed by atoms with van der Waals surface area (Å²) >= 11 is 0. The summed E-state index contributed by atoms with van der Waals surface area (Å²) in [5, 5.41) is 23.4. The molecule has 2 N–H and O–H groups in total. The molecule has 0 unspecified atom stereocenters. The van der Waals surface area contributed by atoms with E-state index in [-0.39, 0.29) is 28.3 Å². The zero-order valence-electron chi connectivity index (χ0n) is 14.2. The molecular weight excluding hydrogens is 365 g/mol. The number of aromatic hydroxyl groups is 1. The van der Waals surface area contributed by atoms with Crippen LogP contribution in [-0.2, 0) is 0 Å². The minimum absolute atomic E-state index is 0.118. The summed E-state index contributed by atoms with van der Waals surface area (Å²) in [5.74, 6) is -2.49. The normalized spacial score (nSPS) is 10.9. The summed E-state index contributed by atoms with van der Waals surface area (Å²) in [6, 6.07) is 11.0. The van der Waals surface area contributed by atoms with Crippen LogP contribution in [0.5, 0.6) is 5.75 Å². The molecule has 0 aliphatic rings. The van der Waals surface area contributed by atoms with E-state index in [9.17, 15) is 19.1 Å². The lowest BCUT2D eigenvalue weighted by molar-refractivity contribution is 0.0697. The number of benzene rings is 2. The van der Waals surface area contributed by atoms with Gasteiger partial charge in [0.1, 0.15) is 11.6 Å². The van der Waals surface area contributed by atoms with Crippen molar-refractivity contribution in [2.75, 3.05) is 0 Å². The Balaban J connectivity index is 1.74. The lowest BCUT2D eigenvalue weighted by Crippen LogP contribution is -2.07. The molecule has 0 saturated heterocycles. The van der Waals surface area contributed by atoms with E-state index in [0.717, 1.165) is 12.1 Å². The molecule has 2 aromatic heterocycles. The number of aromatic carboxylic acids is 1. The van der Waals surface area contributed by atoms with Crippen molar-refractivity contribution in [1.29, 1.82) is 0 Å². The second-order valence-electron chi connectivity index (χ2n) is 6.05. The smallest absolute Gasteiger partial charge is 0.335 e. The van der Waals surface area contributed by atoms with Gasteiger partial charge in [-0.25, -0.2) is 18.7 Å². The van der Waals surface area contributed by atoms with Crippen molar-refractivity contribution in [3.05, 3.63) is 83.4 Å². The van der Waals surface area contributed by atoms with Crippen molar-refractivity contribution in [2.24, 2.45) is 0 Å². The number of carbonyl (C=O) groups is 2. The number of nitrogens with zero attached hydrogens (tertiary/aromatic N) is 3. The molecule has 138 valence electrons. The molecule has 0 atom stereocenters. The maximum Gasteiger partial charge on any atom is 0.335 e. The molecule has 0 aliphatic carbocycles. The minimum Gasteiger partial charge on any atom is -0.507 e. The van der Waals surface area contributed by atoms with Crippen LogP contribution in [0.15, 0.2) is 60.9 Å². The summed E-state index contributed by atoms with van der Waals surface area (Å²) in [7, 11) is 0. The number of rotatable bonds is 4. The van der Waals surface area contributed by atoms with Crippen LogP contribution in [0.1, 0.15) is 26.3 Å². The minimum atomic E-state index is -1.21. The van der Waals surface area contributed by atoms with Gasteiger partial charge in [-0.15, -0.1) is 0 Å². The van der Waals surface area contributed by atoms with Crippen LogP contribution in [-0.4, -0.2) is 36.6 Å². The van der Waals surface area contributed by atoms with Gasteiger partial charge in [0.15, 0.2) is 11.4 Å². The first-order chi connectivity index (χ1) is 13.4. The lowest BCUT2D eigenvalue weighted by atomic mass is 10.0. The standard InChI is InChI=1S/C20H12FN3O4/c21-14-4-1-11(2-5-14)16-8-18-22-9-13(10-24(18)23-16)19(26)15-7-12(20(27)28)3-6-17(15)25/h1-10,25H,(H,27,28). The molecule has 2 aromatic carbocycles. The molecule has 0 bridgehead atoms. The second kappa shape index (κ2) is 6.58. The van der Waals surface area contributed by atoms with Gasteiger partial charge in [-0.05, 0) is 42.5 Å². The van der Waals surface area contributed by atoms with Crippen LogP contribution in [0.3, 0.4) is 0 Å². The fraction of sp³-hybridized carbons (Fsp3) is 0. The first-order valence-corrected chi connectivity index (χ1v) is 8.15. The van der Waals surface area contributed by atoms with Crippen molar-refractivity contribution < 1.29 is 24.2 Å². The number of ketones is 1. The second-order valence-corrected chi connectivity index (χ2v) is 6.05. The van der Waals surface area contributed by atoms with Crippen molar-refractivity contribution >= 4 is 17.4 Å². The van der Waals surface area contributed by atoms with Crippen LogP contribution in [0, 0.1) is 5.82 Å². The third-order valence-electron chi connectivity index (χ3n) is 4.20. The van der Waals surface area contributed by atoms with E-state index in [1.54, 1.807) is 18.2 Å². The Bertz CT molecular complexity index is 1230. The van der Waals surface area contributed by atoms with Crippen LogP contribution < -0.4 is 0 Å². The summed E-state index contributed by atoms with van der Waals surface area (Å²) in [5.41, 5.74) is 1.57. The third kappa shape index (κ3) is 3.07. The zero-order valence-corrected chi connectivity index (χ0v) is 14.2. The van der Waals surface area contributed by atoms with E-state index in [0.29, 0.717) is 16.9 Å². The molecule has 4 rings (SSSR count). The Labute approximate surface area is 157 Å². The van der Waals surface area contributed by atoms with E-state index < -0.39 is 11.8 Å². The number of carboxylic acids is 1. The Kier molecular flexibility index (Phi) is 4.08. The maximum absolute atomic E-state index is 13.1. The quantitative estimate of drug-likeness (QED) is 0.529. The number of hydrogen-bond donors (Lipinski definition) is 2. The Morgan fingerprint density at radius 3 is 2.46 bits per heavy atom. The predicted octanol–water partition coefficient (Wildman–Crippen LogP) is 3.17. The first-order valence-electron chi connectivity index (χ1n) is 8.15. The lowest BCUT2D eigenvalue weighted by Gasteiger charge is -2.05. The summed E-state index contributed by atoms with van der Waals surface area (Å²) in [6.07, 6.45) is 2.76. The fourth-order valence-corrected chi connectivity index (χ4v) is 2.76. The van der Waals surface area contributed by atoms with Gasteiger partial charge in [-0.2, -0.15) is 5.10 Å². The Hall–Kier alpha value is -4.07. The highest BCUT2D eigenvalue weighted by Gasteiger charge is 2.18. The molecule has 8 heteroatoms. The highest BCUT2D eigenvalue weighted by Crippen LogP contribution is 2.23. The predicted molar refractivity (Wildman–Crippen MR) is 96.9 cm³/mol. The molecule has 0 radical (unpaired) electrons. The first kappa shape index (κ1) is 17.3. The molecule has 0 aliphatic heterocycles. The average molecular weight is 377 g/mol. The van der Waals surface area contributed by atoms with Gasteiger partial charge in [-0.1, -0.05) is 0 Å². The maximum atomic E-state index is 13.1. The van der Waals surface area contributed by atoms with E-state index in [1.165, 1.54) is 35.1 Å². The zero-order chi connectivity index (χ0) is 19.8. The molecule has 28 heavy (non-hydrogen) atoms. The summed E-state index contributed by atoms with van der Waals surface area (Å²) in [4.78, 5) is 28.0. The fourth-order valence-electron chi connectivity index (χ4n) is 2.76. The van der Waals surface area contributed by atoms with Crippen LogP contribution in [0.4, 0.5) is 4.39 Å². The molecule has 4 aromatic rings. The molecule has 0 amide bonds. The highest BCUT2D eigenvalue weighted by atomic mass is 19.1. The number of aromatic nitrogens is 3. The van der Waals surface area contributed by atoms with Gasteiger partial charge in [0.2, 0.25) is 0 Å². The van der Waals surface area contributed by atoms with Crippen molar-refractivity contribution in [1.82, 2.24) is 14.6 Å². The van der Waals surface area contributed by atoms with Crippen LogP contribution in [0.2, 0.25) is 0 Å². The highest BCUT2D eigenvalue weighted by molar-refractivity contribution is 6.11. The topological polar surface area (TPSA) is 105 Å². The van der Waals surface area contributed by atoms with E-state index in [1.807, 2.05) is 0 Å². The molecule has 0 fully saturated rings. The van der Waals surface area contributed by atoms with Gasteiger partial charge < -0.3 is 10.2 Å². The number of carbonyl (C=O) groups excluding carboxylic acids is 1. The number of halogens is 1.